The van der Waals surface area contributed by atoms with Crippen LogP contribution >= 0.6 is 11.1 Å². The lowest BCUT2D eigenvalue weighted by atomic mass is 10.7. The Kier molecular flexibility index (Phi) is 5.39. The maximum Gasteiger partial charge on any atom is 0.228 e. The van der Waals surface area contributed by atoms with Crippen molar-refractivity contribution >= 4 is 18.6 Å². The van der Waals surface area contributed by atoms with E-state index in [1.165, 1.54) is 0 Å². The van der Waals surface area contributed by atoms with Crippen LogP contribution in [0.15, 0.2) is 0 Å². The van der Waals surface area contributed by atoms with Crippen LogP contribution in [0.25, 0.3) is 0 Å². The standard InChI is InChI=1S/C8H20ClNSi/c1-5-10(6-2)11(9,7-3)8-4/h5-8H2,1-4H3. The summed E-state index contributed by atoms with van der Waals surface area (Å²) in [5.41, 5.74) is 0. The van der Waals surface area contributed by atoms with Crippen LogP contribution in [0.4, 0.5) is 0 Å². The van der Waals surface area contributed by atoms with Crippen LogP contribution in [0, 0.1) is 0 Å². The molecule has 11 heavy (non-hydrogen) atoms. The van der Waals surface area contributed by atoms with E-state index in [9.17, 15) is 0 Å². The maximum absolute atomic E-state index is 6.54. The van der Waals surface area contributed by atoms with E-state index in [0.29, 0.717) is 0 Å². The van der Waals surface area contributed by atoms with E-state index in [1.54, 1.807) is 0 Å². The maximum atomic E-state index is 6.54. The molecular weight excluding hydrogens is 174 g/mol. The molecule has 0 aliphatic rings. The SMILES string of the molecule is CCN(CC)[Si](Cl)(CC)CC. The third-order valence-electron chi connectivity index (χ3n) is 2.41. The van der Waals surface area contributed by atoms with Crippen molar-refractivity contribution in [1.82, 2.24) is 4.57 Å². The van der Waals surface area contributed by atoms with E-state index in [0.717, 1.165) is 25.2 Å². The Labute approximate surface area is 76.5 Å². The molecule has 1 nitrogen and oxygen atoms in total. The highest BCUT2D eigenvalue weighted by molar-refractivity contribution is 7.18. The van der Waals surface area contributed by atoms with Crippen molar-refractivity contribution in [2.75, 3.05) is 13.1 Å². The van der Waals surface area contributed by atoms with Gasteiger partial charge in [0.15, 0.2) is 0 Å². The van der Waals surface area contributed by atoms with Crippen LogP contribution in [-0.4, -0.2) is 25.2 Å². The normalized spacial score (nSPS) is 12.5. The van der Waals surface area contributed by atoms with Gasteiger partial charge in [-0.1, -0.05) is 27.7 Å². The molecule has 0 aromatic carbocycles. The van der Waals surface area contributed by atoms with Gasteiger partial charge in [-0.05, 0) is 25.2 Å². The minimum Gasteiger partial charge on any atom is -0.312 e. The van der Waals surface area contributed by atoms with E-state index < -0.39 is 7.55 Å². The lowest BCUT2D eigenvalue weighted by Crippen LogP contribution is -2.47. The molecule has 0 saturated heterocycles. The van der Waals surface area contributed by atoms with Gasteiger partial charge >= 0.3 is 0 Å². The fraction of sp³-hybridized carbons (Fsp3) is 1.00. The molecule has 0 aromatic rings. The average Bonchev–Trinajstić information content (AvgIpc) is 2.06. The van der Waals surface area contributed by atoms with E-state index in [-0.39, 0.29) is 0 Å². The first-order valence-corrected chi connectivity index (χ1v) is 7.95. The van der Waals surface area contributed by atoms with Crippen molar-refractivity contribution in [2.24, 2.45) is 0 Å². The van der Waals surface area contributed by atoms with Crippen LogP contribution in [0.1, 0.15) is 27.7 Å². The van der Waals surface area contributed by atoms with Crippen LogP contribution in [-0.2, 0) is 0 Å². The Balaban J connectivity index is 4.19. The van der Waals surface area contributed by atoms with Crippen molar-refractivity contribution in [3.63, 3.8) is 0 Å². The molecule has 0 heterocycles. The zero-order chi connectivity index (χ0) is 8.91. The van der Waals surface area contributed by atoms with Gasteiger partial charge in [0.05, 0.1) is 0 Å². The number of nitrogens with zero attached hydrogens (tertiary/aromatic N) is 1. The summed E-state index contributed by atoms with van der Waals surface area (Å²) in [6.07, 6.45) is 0. The quantitative estimate of drug-likeness (QED) is 0.479. The van der Waals surface area contributed by atoms with Crippen molar-refractivity contribution < 1.29 is 0 Å². The van der Waals surface area contributed by atoms with Crippen LogP contribution in [0.5, 0.6) is 0 Å². The molecule has 0 spiro atoms. The Bertz CT molecular complexity index is 100. The van der Waals surface area contributed by atoms with Crippen molar-refractivity contribution in [2.45, 2.75) is 39.8 Å². The number of hydrogen-bond donors (Lipinski definition) is 0. The summed E-state index contributed by atoms with van der Waals surface area (Å²) in [6, 6.07) is 2.32. The Morgan fingerprint density at radius 1 is 1.00 bits per heavy atom. The van der Waals surface area contributed by atoms with E-state index in [4.69, 9.17) is 11.1 Å². The molecule has 0 rings (SSSR count). The van der Waals surface area contributed by atoms with Crippen LogP contribution in [0.3, 0.4) is 0 Å². The molecule has 0 unspecified atom stereocenters. The first-order chi connectivity index (χ1) is 5.14. The second-order valence-corrected chi connectivity index (χ2v) is 8.79. The average molecular weight is 194 g/mol. The van der Waals surface area contributed by atoms with Crippen molar-refractivity contribution in [1.29, 1.82) is 0 Å². The highest BCUT2D eigenvalue weighted by Crippen LogP contribution is 2.23. The smallest absolute Gasteiger partial charge is 0.228 e. The third-order valence-corrected chi connectivity index (χ3v) is 8.67. The van der Waals surface area contributed by atoms with Crippen LogP contribution in [0.2, 0.25) is 12.1 Å². The number of halogens is 1. The predicted octanol–water partition coefficient (Wildman–Crippen LogP) is 3.05. The summed E-state index contributed by atoms with van der Waals surface area (Å²) >= 11 is 6.54. The highest BCUT2D eigenvalue weighted by atomic mass is 35.6. The molecule has 0 radical (unpaired) electrons. The number of rotatable bonds is 5. The van der Waals surface area contributed by atoms with Gasteiger partial charge in [-0.15, -0.1) is 11.1 Å². The Morgan fingerprint density at radius 2 is 1.36 bits per heavy atom. The first-order valence-electron chi connectivity index (χ1n) is 4.58. The summed E-state index contributed by atoms with van der Waals surface area (Å²) in [5, 5.41) is 0. The molecule has 0 atom stereocenters. The van der Waals surface area contributed by atoms with Gasteiger partial charge in [0, 0.05) is 0 Å². The topological polar surface area (TPSA) is 3.24 Å². The summed E-state index contributed by atoms with van der Waals surface area (Å²) in [6.45, 7) is 11.0. The monoisotopic (exact) mass is 193 g/mol. The zero-order valence-electron chi connectivity index (χ0n) is 8.15. The molecule has 0 aliphatic carbocycles. The summed E-state index contributed by atoms with van der Waals surface area (Å²) < 4.78 is 2.45. The third kappa shape index (κ3) is 2.77. The van der Waals surface area contributed by atoms with Gasteiger partial charge in [-0.25, -0.2) is 0 Å². The molecule has 0 saturated carbocycles. The molecule has 0 aromatic heterocycles. The Morgan fingerprint density at radius 3 is 1.45 bits per heavy atom. The molecule has 68 valence electrons. The lowest BCUT2D eigenvalue weighted by molar-refractivity contribution is 0.470. The largest absolute Gasteiger partial charge is 0.312 e. The summed E-state index contributed by atoms with van der Waals surface area (Å²) in [4.78, 5) is 0. The van der Waals surface area contributed by atoms with E-state index in [1.807, 2.05) is 0 Å². The fourth-order valence-corrected chi connectivity index (χ4v) is 4.73. The molecule has 0 N–H and O–H groups in total. The van der Waals surface area contributed by atoms with Gasteiger partial charge in [-0.2, -0.15) is 0 Å². The summed E-state index contributed by atoms with van der Waals surface area (Å²) in [7, 11) is -1.52. The molecule has 3 heteroatoms. The van der Waals surface area contributed by atoms with Gasteiger partial charge in [0.2, 0.25) is 7.55 Å². The fourth-order valence-electron chi connectivity index (χ4n) is 1.49. The predicted molar refractivity (Wildman–Crippen MR) is 55.5 cm³/mol. The van der Waals surface area contributed by atoms with Crippen molar-refractivity contribution in [3.05, 3.63) is 0 Å². The highest BCUT2D eigenvalue weighted by Gasteiger charge is 2.32. The number of hydrogen-bond acceptors (Lipinski definition) is 1. The van der Waals surface area contributed by atoms with Gasteiger partial charge in [0.25, 0.3) is 0 Å². The molecular formula is C8H20ClNSi. The van der Waals surface area contributed by atoms with Gasteiger partial charge < -0.3 is 4.57 Å². The summed E-state index contributed by atoms with van der Waals surface area (Å²) in [5.74, 6) is 0. The second-order valence-electron chi connectivity index (χ2n) is 2.80. The van der Waals surface area contributed by atoms with Gasteiger partial charge in [-0.3, -0.25) is 0 Å². The minimum atomic E-state index is -1.52. The van der Waals surface area contributed by atoms with Crippen molar-refractivity contribution in [3.8, 4) is 0 Å². The van der Waals surface area contributed by atoms with Gasteiger partial charge in [0.1, 0.15) is 0 Å². The van der Waals surface area contributed by atoms with E-state index in [2.05, 4.69) is 32.3 Å². The molecule has 0 aliphatic heterocycles. The molecule has 0 fully saturated rings. The van der Waals surface area contributed by atoms with Crippen LogP contribution < -0.4 is 0 Å². The molecule has 0 amide bonds. The van der Waals surface area contributed by atoms with E-state index >= 15 is 0 Å². The first kappa shape index (κ1) is 11.5. The minimum absolute atomic E-state index is 1.11. The molecule has 0 bridgehead atoms. The Hall–Kier alpha value is 0.467. The lowest BCUT2D eigenvalue weighted by Gasteiger charge is -2.34. The zero-order valence-corrected chi connectivity index (χ0v) is 9.91. The second kappa shape index (κ2) is 5.17.